The Bertz CT molecular complexity index is 708. The van der Waals surface area contributed by atoms with Gasteiger partial charge < -0.3 is 10.0 Å². The SMILES string of the molecule is CCN=C1SCC(O)(c2ccc(Cl)c(S(N)(=O)=O)c2)N1CC. The molecule has 0 saturated carbocycles. The monoisotopic (exact) mass is 363 g/mol. The predicted molar refractivity (Wildman–Crippen MR) is 89.5 cm³/mol. The first-order valence-electron chi connectivity index (χ1n) is 6.74. The molecule has 1 atom stereocenters. The van der Waals surface area contributed by atoms with Crippen LogP contribution in [0.3, 0.4) is 0 Å². The first kappa shape index (κ1) is 17.6. The van der Waals surface area contributed by atoms with Crippen molar-refractivity contribution in [2.45, 2.75) is 24.5 Å². The average Bonchev–Trinajstić information content (AvgIpc) is 2.76. The molecule has 6 nitrogen and oxygen atoms in total. The van der Waals surface area contributed by atoms with E-state index in [0.717, 1.165) is 5.17 Å². The summed E-state index contributed by atoms with van der Waals surface area (Å²) in [5.74, 6) is 0.353. The molecule has 1 aliphatic heterocycles. The molecule has 0 radical (unpaired) electrons. The number of nitrogens with zero attached hydrogens (tertiary/aromatic N) is 2. The molecular formula is C13H18ClN3O3S2. The van der Waals surface area contributed by atoms with Crippen LogP contribution in [0.1, 0.15) is 19.4 Å². The molecule has 0 aliphatic carbocycles. The summed E-state index contributed by atoms with van der Waals surface area (Å²) in [5.41, 5.74) is -0.908. The van der Waals surface area contributed by atoms with Crippen molar-refractivity contribution < 1.29 is 13.5 Å². The quantitative estimate of drug-likeness (QED) is 0.846. The molecule has 1 fully saturated rings. The molecule has 1 heterocycles. The molecule has 1 aromatic rings. The van der Waals surface area contributed by atoms with Crippen LogP contribution in [0.25, 0.3) is 0 Å². The van der Waals surface area contributed by atoms with Crippen LogP contribution in [-0.4, -0.2) is 42.4 Å². The van der Waals surface area contributed by atoms with Gasteiger partial charge in [0.25, 0.3) is 0 Å². The Morgan fingerprint density at radius 2 is 2.18 bits per heavy atom. The lowest BCUT2D eigenvalue weighted by molar-refractivity contribution is -0.0455. The van der Waals surface area contributed by atoms with Crippen LogP contribution < -0.4 is 5.14 Å². The molecule has 2 rings (SSSR count). The lowest BCUT2D eigenvalue weighted by Crippen LogP contribution is -2.45. The van der Waals surface area contributed by atoms with Gasteiger partial charge in [0.1, 0.15) is 4.90 Å². The van der Waals surface area contributed by atoms with Crippen molar-refractivity contribution in [2.75, 3.05) is 18.8 Å². The smallest absolute Gasteiger partial charge is 0.239 e. The van der Waals surface area contributed by atoms with Gasteiger partial charge in [-0.1, -0.05) is 29.4 Å². The number of hydrogen-bond acceptors (Lipinski definition) is 5. The number of rotatable bonds is 4. The number of primary sulfonamides is 1. The summed E-state index contributed by atoms with van der Waals surface area (Å²) in [5, 5.41) is 17.0. The normalized spacial score (nSPS) is 24.2. The van der Waals surface area contributed by atoms with Crippen molar-refractivity contribution in [3.8, 4) is 0 Å². The van der Waals surface area contributed by atoms with Gasteiger partial charge in [-0.25, -0.2) is 13.6 Å². The fourth-order valence-electron chi connectivity index (χ4n) is 2.35. The van der Waals surface area contributed by atoms with Crippen LogP contribution in [0.15, 0.2) is 28.1 Å². The zero-order valence-corrected chi connectivity index (χ0v) is 14.7. The van der Waals surface area contributed by atoms with Gasteiger partial charge in [-0.2, -0.15) is 0 Å². The summed E-state index contributed by atoms with van der Waals surface area (Å²) in [6.45, 7) is 4.96. The molecule has 9 heteroatoms. The predicted octanol–water partition coefficient (Wildman–Crippen LogP) is 1.58. The minimum Gasteiger partial charge on any atom is -0.366 e. The molecule has 0 amide bonds. The number of aliphatic imine (C=N–C) groups is 1. The molecule has 122 valence electrons. The van der Waals surface area contributed by atoms with Gasteiger partial charge >= 0.3 is 0 Å². The van der Waals surface area contributed by atoms with E-state index in [9.17, 15) is 13.5 Å². The van der Waals surface area contributed by atoms with Crippen molar-refractivity contribution >= 4 is 38.6 Å². The number of thioether (sulfide) groups is 1. The summed E-state index contributed by atoms with van der Waals surface area (Å²) in [7, 11) is -3.96. The van der Waals surface area contributed by atoms with E-state index in [-0.39, 0.29) is 9.92 Å². The third-order valence-corrected chi connectivity index (χ3v) is 5.94. The first-order chi connectivity index (χ1) is 10.2. The lowest BCUT2D eigenvalue weighted by atomic mass is 10.0. The number of amidine groups is 1. The molecule has 3 N–H and O–H groups in total. The van der Waals surface area contributed by atoms with Gasteiger partial charge in [-0.15, -0.1) is 0 Å². The Balaban J connectivity index is 2.54. The number of nitrogens with two attached hydrogens (primary N) is 1. The number of halogens is 1. The molecule has 1 saturated heterocycles. The van der Waals surface area contributed by atoms with E-state index in [2.05, 4.69) is 4.99 Å². The van der Waals surface area contributed by atoms with E-state index in [0.29, 0.717) is 24.4 Å². The molecule has 1 aliphatic rings. The Morgan fingerprint density at radius 3 is 2.73 bits per heavy atom. The van der Waals surface area contributed by atoms with E-state index in [1.54, 1.807) is 11.0 Å². The van der Waals surface area contributed by atoms with Gasteiger partial charge in [0.15, 0.2) is 10.9 Å². The van der Waals surface area contributed by atoms with Crippen molar-refractivity contribution in [1.29, 1.82) is 0 Å². The number of hydrogen-bond donors (Lipinski definition) is 2. The summed E-state index contributed by atoms with van der Waals surface area (Å²) >= 11 is 7.33. The maximum atomic E-state index is 11.6. The second-order valence-corrected chi connectivity index (χ2v) is 7.68. The second-order valence-electron chi connectivity index (χ2n) is 4.80. The van der Waals surface area contributed by atoms with Crippen molar-refractivity contribution in [1.82, 2.24) is 4.90 Å². The zero-order chi connectivity index (χ0) is 16.5. The highest BCUT2D eigenvalue weighted by atomic mass is 35.5. The first-order valence-corrected chi connectivity index (χ1v) is 9.65. The van der Waals surface area contributed by atoms with Crippen LogP contribution in [0.4, 0.5) is 0 Å². The number of sulfonamides is 1. The maximum absolute atomic E-state index is 11.6. The third kappa shape index (κ3) is 3.11. The van der Waals surface area contributed by atoms with Crippen LogP contribution in [0, 0.1) is 0 Å². The molecule has 0 spiro atoms. The highest BCUT2D eigenvalue weighted by Crippen LogP contribution is 2.40. The van der Waals surface area contributed by atoms with E-state index < -0.39 is 15.7 Å². The van der Waals surface area contributed by atoms with Crippen LogP contribution in [-0.2, 0) is 15.7 Å². The molecule has 22 heavy (non-hydrogen) atoms. The average molecular weight is 364 g/mol. The van der Waals surface area contributed by atoms with E-state index >= 15 is 0 Å². The number of benzene rings is 1. The molecule has 1 aromatic carbocycles. The minimum absolute atomic E-state index is 0.0333. The summed E-state index contributed by atoms with van der Waals surface area (Å²) in [6, 6.07) is 4.37. The minimum atomic E-state index is -3.96. The Kier molecular flexibility index (Phi) is 5.08. The highest BCUT2D eigenvalue weighted by molar-refractivity contribution is 8.14. The Hall–Kier alpha value is -0.800. The molecule has 0 aromatic heterocycles. The van der Waals surface area contributed by atoms with Crippen LogP contribution >= 0.6 is 23.4 Å². The standard InChI is InChI=1S/C13H18ClN3O3S2/c1-3-16-12-17(4-2)13(18,8-21-12)9-5-6-10(14)11(7-9)22(15,19)20/h5-7,18H,3-4,8H2,1-2H3,(H2,15,19,20). The van der Waals surface area contributed by atoms with Gasteiger partial charge in [0.05, 0.1) is 10.8 Å². The summed E-state index contributed by atoms with van der Waals surface area (Å²) in [6.07, 6.45) is 0. The van der Waals surface area contributed by atoms with Crippen molar-refractivity contribution in [2.24, 2.45) is 10.1 Å². The maximum Gasteiger partial charge on any atom is 0.239 e. The summed E-state index contributed by atoms with van der Waals surface area (Å²) < 4.78 is 23.2. The fourth-order valence-corrected chi connectivity index (χ4v) is 4.73. The lowest BCUT2D eigenvalue weighted by Gasteiger charge is -2.34. The summed E-state index contributed by atoms with van der Waals surface area (Å²) in [4.78, 5) is 5.92. The highest BCUT2D eigenvalue weighted by Gasteiger charge is 2.44. The molecule has 0 bridgehead atoms. The van der Waals surface area contributed by atoms with Gasteiger partial charge in [-0.3, -0.25) is 4.99 Å². The Labute approximate surface area is 139 Å². The zero-order valence-electron chi connectivity index (χ0n) is 12.3. The topological polar surface area (TPSA) is 96.0 Å². The Morgan fingerprint density at radius 1 is 1.50 bits per heavy atom. The number of aliphatic hydroxyl groups is 1. The van der Waals surface area contributed by atoms with E-state index in [4.69, 9.17) is 16.7 Å². The van der Waals surface area contributed by atoms with Gasteiger partial charge in [-0.05, 0) is 26.0 Å². The molecular weight excluding hydrogens is 346 g/mol. The van der Waals surface area contributed by atoms with Crippen molar-refractivity contribution in [3.05, 3.63) is 28.8 Å². The van der Waals surface area contributed by atoms with Crippen LogP contribution in [0.5, 0.6) is 0 Å². The largest absolute Gasteiger partial charge is 0.366 e. The second kappa shape index (κ2) is 6.37. The van der Waals surface area contributed by atoms with E-state index in [1.165, 1.54) is 23.9 Å². The third-order valence-electron chi connectivity index (χ3n) is 3.39. The van der Waals surface area contributed by atoms with Crippen LogP contribution in [0.2, 0.25) is 5.02 Å². The fraction of sp³-hybridized carbons (Fsp3) is 0.462. The van der Waals surface area contributed by atoms with Crippen molar-refractivity contribution in [3.63, 3.8) is 0 Å². The van der Waals surface area contributed by atoms with Gasteiger partial charge in [0, 0.05) is 18.7 Å². The van der Waals surface area contributed by atoms with Gasteiger partial charge in [0.2, 0.25) is 10.0 Å². The van der Waals surface area contributed by atoms with E-state index in [1.807, 2.05) is 13.8 Å². The molecule has 1 unspecified atom stereocenters.